The minimum atomic E-state index is -0.911. The molecule has 0 aromatic heterocycles. The van der Waals surface area contributed by atoms with E-state index < -0.39 is 11.2 Å². The molecule has 8 heteroatoms. The molecular weight excluding hydrogens is 522 g/mol. The molecule has 7 bridgehead atoms. The molecular formula is C33H45NO7. The molecule has 5 aliphatic carbocycles. The van der Waals surface area contributed by atoms with Gasteiger partial charge in [0.2, 0.25) is 0 Å². The van der Waals surface area contributed by atoms with Crippen LogP contribution in [-0.4, -0.2) is 91.7 Å². The Morgan fingerprint density at radius 3 is 2.54 bits per heavy atom. The number of ether oxygens (including phenoxy) is 4. The summed E-state index contributed by atoms with van der Waals surface area (Å²) in [6.07, 6.45) is 4.00. The summed E-state index contributed by atoms with van der Waals surface area (Å²) in [6.45, 7) is 5.20. The van der Waals surface area contributed by atoms with Gasteiger partial charge in [-0.15, -0.1) is 0 Å². The molecule has 1 aromatic carbocycles. The van der Waals surface area contributed by atoms with Crippen LogP contribution in [0.2, 0.25) is 0 Å². The first kappa shape index (κ1) is 28.0. The molecule has 1 aromatic rings. The molecule has 1 aliphatic heterocycles. The second kappa shape index (κ2) is 9.58. The predicted molar refractivity (Wildman–Crippen MR) is 150 cm³/mol. The third-order valence-corrected chi connectivity index (χ3v) is 12.7. The molecule has 4 unspecified atom stereocenters. The third-order valence-electron chi connectivity index (χ3n) is 12.7. The van der Waals surface area contributed by atoms with Crippen LogP contribution >= 0.6 is 0 Å². The number of carbonyl (C=O) groups is 2. The molecule has 1 spiro atoms. The molecule has 0 radical (unpaired) electrons. The molecule has 224 valence electrons. The van der Waals surface area contributed by atoms with Crippen LogP contribution in [-0.2, 0) is 30.2 Å². The summed E-state index contributed by atoms with van der Waals surface area (Å²) in [5.74, 6) is 0.173. The smallest absolute Gasteiger partial charge is 0.339 e. The van der Waals surface area contributed by atoms with Crippen molar-refractivity contribution in [3.8, 4) is 0 Å². The van der Waals surface area contributed by atoms with Crippen LogP contribution in [0.25, 0.3) is 0 Å². The lowest BCUT2D eigenvalue weighted by Gasteiger charge is -2.69. The predicted octanol–water partition coefficient (Wildman–Crippen LogP) is 3.28. The SMILES string of the molecule is CCN1C[C@]2(OC(=O)c3ccccc3CC(C)=O)CC[C@H](OC)C34C1C(C[C@@H]32)[C@@]1(O)C[C@H](OC)[C@H]2C[C@@H]4C1[C@H]2OC. The Morgan fingerprint density at radius 2 is 1.85 bits per heavy atom. The fraction of sp³-hybridized carbons (Fsp3) is 0.758. The zero-order chi connectivity index (χ0) is 28.9. The van der Waals surface area contributed by atoms with E-state index in [0.29, 0.717) is 24.1 Å². The highest BCUT2D eigenvalue weighted by Crippen LogP contribution is 2.78. The van der Waals surface area contributed by atoms with Crippen molar-refractivity contribution in [2.75, 3.05) is 34.4 Å². The number of likely N-dealkylation sites (N-methyl/N-ethyl adjacent to an activating group) is 1. The maximum atomic E-state index is 14.1. The van der Waals surface area contributed by atoms with Crippen molar-refractivity contribution in [2.24, 2.45) is 35.0 Å². The summed E-state index contributed by atoms with van der Waals surface area (Å²) in [5, 5.41) is 12.8. The Hall–Kier alpha value is -1.84. The zero-order valence-corrected chi connectivity index (χ0v) is 25.0. The molecule has 6 aliphatic rings. The van der Waals surface area contributed by atoms with Gasteiger partial charge in [0, 0.05) is 75.8 Å². The average Bonchev–Trinajstić information content (AvgIpc) is 3.43. The first-order valence-corrected chi connectivity index (χ1v) is 15.6. The summed E-state index contributed by atoms with van der Waals surface area (Å²) >= 11 is 0. The van der Waals surface area contributed by atoms with Crippen molar-refractivity contribution in [1.82, 2.24) is 4.90 Å². The van der Waals surface area contributed by atoms with Crippen LogP contribution in [0, 0.1) is 35.0 Å². The highest BCUT2D eigenvalue weighted by atomic mass is 16.6. The van der Waals surface area contributed by atoms with E-state index in [9.17, 15) is 14.7 Å². The van der Waals surface area contributed by atoms with E-state index in [1.54, 1.807) is 27.2 Å². The van der Waals surface area contributed by atoms with Crippen LogP contribution < -0.4 is 0 Å². The molecule has 5 saturated carbocycles. The van der Waals surface area contributed by atoms with Gasteiger partial charge >= 0.3 is 5.97 Å². The average molecular weight is 568 g/mol. The largest absolute Gasteiger partial charge is 0.454 e. The normalized spacial score (nSPS) is 47.3. The van der Waals surface area contributed by atoms with E-state index in [1.807, 2.05) is 25.3 Å². The van der Waals surface area contributed by atoms with Gasteiger partial charge in [0.25, 0.3) is 0 Å². The summed E-state index contributed by atoms with van der Waals surface area (Å²) in [4.78, 5) is 28.6. The molecule has 12 atom stereocenters. The number of hydrogen-bond acceptors (Lipinski definition) is 8. The van der Waals surface area contributed by atoms with E-state index in [-0.39, 0.29) is 77.5 Å². The van der Waals surface area contributed by atoms with E-state index in [0.717, 1.165) is 32.2 Å². The number of Topliss-reactive ketones (excluding diaryl/α,β-unsaturated/α-hetero) is 1. The number of methoxy groups -OCH3 is 3. The molecule has 1 N–H and O–H groups in total. The quantitative estimate of drug-likeness (QED) is 0.479. The number of nitrogens with zero attached hydrogens (tertiary/aromatic N) is 1. The first-order valence-electron chi connectivity index (χ1n) is 15.6. The first-order chi connectivity index (χ1) is 19.7. The van der Waals surface area contributed by atoms with Gasteiger partial charge < -0.3 is 24.1 Å². The van der Waals surface area contributed by atoms with Crippen molar-refractivity contribution >= 4 is 11.8 Å². The monoisotopic (exact) mass is 567 g/mol. The van der Waals surface area contributed by atoms with Gasteiger partial charge in [0.15, 0.2) is 0 Å². The van der Waals surface area contributed by atoms with Crippen molar-refractivity contribution in [1.29, 1.82) is 0 Å². The number of fused-ring (bicyclic) bond motifs is 2. The number of hydrogen-bond donors (Lipinski definition) is 1. The Balaban J connectivity index is 1.35. The number of esters is 1. The van der Waals surface area contributed by atoms with Gasteiger partial charge in [-0.25, -0.2) is 4.79 Å². The third kappa shape index (κ3) is 3.46. The number of rotatable bonds is 8. The van der Waals surface area contributed by atoms with Gasteiger partial charge in [0.1, 0.15) is 11.4 Å². The standard InChI is InChI=1S/C33H45NO7/c1-6-34-17-31(41-30(36)20-10-8-7-9-19(20)13-18(2)35)12-11-26(39-4)33-22-14-21-24(38-3)16-32(37,27(22)28(21)40-5)23(29(33)34)15-25(31)33/h7-10,21-29,37H,6,11-17H2,1-5H3/t21-,22-,23?,24+,25-,26+,27?,28+,29?,31-,32+,33?/m1/s1. The minimum Gasteiger partial charge on any atom is -0.454 e. The van der Waals surface area contributed by atoms with Gasteiger partial charge in [-0.1, -0.05) is 25.1 Å². The molecule has 41 heavy (non-hydrogen) atoms. The van der Waals surface area contributed by atoms with E-state index in [4.69, 9.17) is 18.9 Å². The lowest BCUT2D eigenvalue weighted by atomic mass is 9.45. The van der Waals surface area contributed by atoms with E-state index in [1.165, 1.54) is 0 Å². The maximum absolute atomic E-state index is 14.1. The lowest BCUT2D eigenvalue weighted by molar-refractivity contribution is -0.284. The Kier molecular flexibility index (Phi) is 6.53. The molecule has 1 saturated heterocycles. The van der Waals surface area contributed by atoms with E-state index >= 15 is 0 Å². The van der Waals surface area contributed by atoms with Gasteiger partial charge in [-0.3, -0.25) is 9.69 Å². The molecule has 0 amide bonds. The number of aliphatic hydroxyl groups is 1. The van der Waals surface area contributed by atoms with Crippen molar-refractivity contribution in [3.05, 3.63) is 35.4 Å². The minimum absolute atomic E-state index is 0.00685. The van der Waals surface area contributed by atoms with Crippen molar-refractivity contribution in [3.63, 3.8) is 0 Å². The zero-order valence-electron chi connectivity index (χ0n) is 25.0. The fourth-order valence-electron chi connectivity index (χ4n) is 11.8. The molecule has 6 fully saturated rings. The fourth-order valence-corrected chi connectivity index (χ4v) is 11.8. The summed E-state index contributed by atoms with van der Waals surface area (Å²) in [7, 11) is 5.39. The summed E-state index contributed by atoms with van der Waals surface area (Å²) in [6, 6.07) is 7.49. The number of piperidine rings is 1. The number of ketones is 1. The van der Waals surface area contributed by atoms with Crippen molar-refractivity contribution in [2.45, 2.75) is 87.9 Å². The second-order valence-electron chi connectivity index (χ2n) is 13.9. The summed E-state index contributed by atoms with van der Waals surface area (Å²) < 4.78 is 25.4. The van der Waals surface area contributed by atoms with Gasteiger partial charge in [-0.2, -0.15) is 0 Å². The Labute approximate surface area is 243 Å². The highest BCUT2D eigenvalue weighted by molar-refractivity contribution is 5.93. The van der Waals surface area contributed by atoms with Gasteiger partial charge in [-0.05, 0) is 56.7 Å². The topological polar surface area (TPSA) is 94.5 Å². The van der Waals surface area contributed by atoms with Crippen LogP contribution in [0.1, 0.15) is 61.9 Å². The molecule has 7 rings (SSSR count). The maximum Gasteiger partial charge on any atom is 0.339 e. The molecule has 8 nitrogen and oxygen atoms in total. The lowest BCUT2D eigenvalue weighted by Crippen LogP contribution is -2.78. The Morgan fingerprint density at radius 1 is 1.07 bits per heavy atom. The van der Waals surface area contributed by atoms with Crippen molar-refractivity contribution < 1.29 is 33.6 Å². The summed E-state index contributed by atoms with van der Waals surface area (Å²) in [5.41, 5.74) is -0.663. The number of benzene rings is 1. The highest BCUT2D eigenvalue weighted by Gasteiger charge is 2.84. The van der Waals surface area contributed by atoms with Crippen LogP contribution in [0.3, 0.4) is 0 Å². The second-order valence-corrected chi connectivity index (χ2v) is 13.9. The van der Waals surface area contributed by atoms with E-state index in [2.05, 4.69) is 11.8 Å². The Bertz CT molecular complexity index is 1240. The molecule has 1 heterocycles. The van der Waals surface area contributed by atoms with Crippen LogP contribution in [0.5, 0.6) is 0 Å². The van der Waals surface area contributed by atoms with Crippen LogP contribution in [0.4, 0.5) is 0 Å². The van der Waals surface area contributed by atoms with Gasteiger partial charge in [0.05, 0.1) is 29.5 Å². The number of likely N-dealkylation sites (tertiary alicyclic amines) is 1. The number of carbonyl (C=O) groups excluding carboxylic acids is 2. The van der Waals surface area contributed by atoms with Crippen LogP contribution in [0.15, 0.2) is 24.3 Å².